The van der Waals surface area contributed by atoms with Crippen LogP contribution in [0.5, 0.6) is 0 Å². The van der Waals surface area contributed by atoms with Gasteiger partial charge < -0.3 is 20.9 Å². The number of carbonyl (C=O) groups excluding carboxylic acids is 2. The molecule has 1 aromatic rings. The summed E-state index contributed by atoms with van der Waals surface area (Å²) in [6.45, 7) is 7.92. The van der Waals surface area contributed by atoms with E-state index in [0.29, 0.717) is 6.54 Å². The Balaban J connectivity index is 0.00000484. The molecule has 23 heavy (non-hydrogen) atoms. The van der Waals surface area contributed by atoms with Crippen LogP contribution in [-0.4, -0.2) is 29.6 Å². The van der Waals surface area contributed by atoms with E-state index in [-0.39, 0.29) is 36.7 Å². The van der Waals surface area contributed by atoms with Crippen LogP contribution in [0.2, 0.25) is 0 Å². The molecule has 0 aliphatic rings. The summed E-state index contributed by atoms with van der Waals surface area (Å²) in [6, 6.07) is -0.607. The lowest BCUT2D eigenvalue weighted by Gasteiger charge is -2.15. The zero-order valence-corrected chi connectivity index (χ0v) is 15.0. The van der Waals surface area contributed by atoms with Crippen molar-refractivity contribution in [3.8, 4) is 0 Å². The van der Waals surface area contributed by atoms with Gasteiger partial charge in [-0.1, -0.05) is 32.9 Å². The van der Waals surface area contributed by atoms with Crippen LogP contribution in [0.15, 0.2) is 4.52 Å². The van der Waals surface area contributed by atoms with Gasteiger partial charge in [-0.25, -0.2) is 0 Å². The average molecular weight is 347 g/mol. The monoisotopic (exact) mass is 346 g/mol. The third kappa shape index (κ3) is 6.19. The molecule has 1 aromatic heterocycles. The molecule has 7 nitrogen and oxygen atoms in total. The quantitative estimate of drug-likeness (QED) is 0.648. The fourth-order valence-electron chi connectivity index (χ4n) is 1.98. The number of carbonyl (C=O) groups is 2. The summed E-state index contributed by atoms with van der Waals surface area (Å²) in [4.78, 5) is 23.5. The first kappa shape index (κ1) is 21.4. The van der Waals surface area contributed by atoms with Gasteiger partial charge in [0.2, 0.25) is 11.8 Å². The molecule has 0 spiro atoms. The standard InChI is InChI=1S/C15H26N4O3.ClH/c1-5-11-10(12(6-2)22-19-11)7-17-13(20)8-18-15(21)14(16)9(3)4;/h9,14H,5-8,16H2,1-4H3,(H,17,20)(H,18,21);1H/t14-;/m0./s1. The molecular weight excluding hydrogens is 320 g/mol. The van der Waals surface area contributed by atoms with E-state index in [9.17, 15) is 9.59 Å². The van der Waals surface area contributed by atoms with Gasteiger partial charge in [0.1, 0.15) is 5.76 Å². The largest absolute Gasteiger partial charge is 0.361 e. The van der Waals surface area contributed by atoms with E-state index in [2.05, 4.69) is 15.8 Å². The summed E-state index contributed by atoms with van der Waals surface area (Å²) in [7, 11) is 0. The number of hydrogen-bond acceptors (Lipinski definition) is 5. The van der Waals surface area contributed by atoms with E-state index >= 15 is 0 Å². The summed E-state index contributed by atoms with van der Waals surface area (Å²) in [5, 5.41) is 9.29. The Hall–Kier alpha value is -1.60. The van der Waals surface area contributed by atoms with Crippen LogP contribution in [0.3, 0.4) is 0 Å². The lowest BCUT2D eigenvalue weighted by molar-refractivity contribution is -0.127. The minimum Gasteiger partial charge on any atom is -0.361 e. The molecule has 0 saturated heterocycles. The van der Waals surface area contributed by atoms with Crippen LogP contribution in [-0.2, 0) is 29.0 Å². The Morgan fingerprint density at radius 1 is 1.22 bits per heavy atom. The van der Waals surface area contributed by atoms with E-state index in [1.807, 2.05) is 27.7 Å². The van der Waals surface area contributed by atoms with Crippen LogP contribution in [0.25, 0.3) is 0 Å². The van der Waals surface area contributed by atoms with E-state index in [1.165, 1.54) is 0 Å². The number of hydrogen-bond donors (Lipinski definition) is 3. The Labute approximate surface area is 143 Å². The first-order valence-corrected chi connectivity index (χ1v) is 7.66. The maximum atomic E-state index is 11.8. The number of nitrogens with two attached hydrogens (primary N) is 1. The highest BCUT2D eigenvalue weighted by atomic mass is 35.5. The van der Waals surface area contributed by atoms with E-state index in [1.54, 1.807) is 0 Å². The van der Waals surface area contributed by atoms with Gasteiger partial charge in [0, 0.05) is 18.5 Å². The molecule has 8 heteroatoms. The summed E-state index contributed by atoms with van der Waals surface area (Å²) in [5.74, 6) is 0.218. The molecule has 2 amide bonds. The van der Waals surface area contributed by atoms with Gasteiger partial charge in [0.25, 0.3) is 0 Å². The number of nitrogens with zero attached hydrogens (tertiary/aromatic N) is 1. The highest BCUT2D eigenvalue weighted by Crippen LogP contribution is 2.15. The van der Waals surface area contributed by atoms with Gasteiger partial charge in [0.15, 0.2) is 0 Å². The minimum atomic E-state index is -0.607. The minimum absolute atomic E-state index is 0. The predicted octanol–water partition coefficient (Wildman–Crippen LogP) is 0.937. The molecule has 0 radical (unpaired) electrons. The molecular formula is C15H27ClN4O3. The molecule has 0 fully saturated rings. The SMILES string of the molecule is CCc1noc(CC)c1CNC(=O)CNC(=O)[C@@H](N)C(C)C.Cl. The van der Waals surface area contributed by atoms with Crippen molar-refractivity contribution >= 4 is 24.2 Å². The molecule has 1 rings (SSSR count). The number of halogens is 1. The third-order valence-corrected chi connectivity index (χ3v) is 3.51. The van der Waals surface area contributed by atoms with E-state index in [0.717, 1.165) is 29.9 Å². The maximum absolute atomic E-state index is 11.8. The van der Waals surface area contributed by atoms with Crippen molar-refractivity contribution in [2.75, 3.05) is 6.54 Å². The van der Waals surface area contributed by atoms with Crippen LogP contribution < -0.4 is 16.4 Å². The fraction of sp³-hybridized carbons (Fsp3) is 0.667. The van der Waals surface area contributed by atoms with Crippen molar-refractivity contribution in [2.45, 2.75) is 53.1 Å². The van der Waals surface area contributed by atoms with Gasteiger partial charge >= 0.3 is 0 Å². The van der Waals surface area contributed by atoms with Crippen LogP contribution in [0.1, 0.15) is 44.7 Å². The van der Waals surface area contributed by atoms with Crippen molar-refractivity contribution in [2.24, 2.45) is 11.7 Å². The normalized spacial score (nSPS) is 11.7. The number of nitrogens with one attached hydrogen (secondary N) is 2. The summed E-state index contributed by atoms with van der Waals surface area (Å²) >= 11 is 0. The molecule has 1 atom stereocenters. The second-order valence-electron chi connectivity index (χ2n) is 5.50. The Morgan fingerprint density at radius 3 is 2.39 bits per heavy atom. The molecule has 0 bridgehead atoms. The van der Waals surface area contributed by atoms with Gasteiger partial charge in [-0.15, -0.1) is 12.4 Å². The van der Waals surface area contributed by atoms with Gasteiger partial charge in [-0.3, -0.25) is 9.59 Å². The Morgan fingerprint density at radius 2 is 1.87 bits per heavy atom. The molecule has 0 aromatic carbocycles. The highest BCUT2D eigenvalue weighted by molar-refractivity contribution is 5.87. The summed E-state index contributed by atoms with van der Waals surface area (Å²) < 4.78 is 5.24. The first-order valence-electron chi connectivity index (χ1n) is 7.66. The topological polar surface area (TPSA) is 110 Å². The molecule has 0 saturated carbocycles. The number of rotatable bonds is 8. The summed E-state index contributed by atoms with van der Waals surface area (Å²) in [6.07, 6.45) is 1.47. The molecule has 0 aliphatic carbocycles. The van der Waals surface area contributed by atoms with Crippen molar-refractivity contribution in [3.63, 3.8) is 0 Å². The van der Waals surface area contributed by atoms with Gasteiger partial charge in [-0.2, -0.15) is 0 Å². The zero-order valence-electron chi connectivity index (χ0n) is 14.1. The smallest absolute Gasteiger partial charge is 0.239 e. The zero-order chi connectivity index (χ0) is 16.7. The molecule has 0 aliphatic heterocycles. The Bertz CT molecular complexity index is 495. The van der Waals surface area contributed by atoms with Crippen molar-refractivity contribution in [1.82, 2.24) is 15.8 Å². The highest BCUT2D eigenvalue weighted by Gasteiger charge is 2.18. The fourth-order valence-corrected chi connectivity index (χ4v) is 1.98. The Kier molecular flexibility index (Phi) is 9.52. The third-order valence-electron chi connectivity index (χ3n) is 3.51. The maximum Gasteiger partial charge on any atom is 0.239 e. The second-order valence-corrected chi connectivity index (χ2v) is 5.50. The number of aromatic nitrogens is 1. The van der Waals surface area contributed by atoms with E-state index < -0.39 is 6.04 Å². The van der Waals surface area contributed by atoms with E-state index in [4.69, 9.17) is 10.3 Å². The number of amides is 2. The van der Waals surface area contributed by atoms with Gasteiger partial charge in [-0.05, 0) is 12.3 Å². The summed E-state index contributed by atoms with van der Waals surface area (Å²) in [5.41, 5.74) is 7.48. The molecule has 132 valence electrons. The van der Waals surface area contributed by atoms with Crippen LogP contribution >= 0.6 is 12.4 Å². The van der Waals surface area contributed by atoms with Gasteiger partial charge in [0.05, 0.1) is 18.3 Å². The predicted molar refractivity (Wildman–Crippen MR) is 90.2 cm³/mol. The second kappa shape index (κ2) is 10.2. The van der Waals surface area contributed by atoms with Crippen molar-refractivity contribution < 1.29 is 14.1 Å². The molecule has 0 unspecified atom stereocenters. The lowest BCUT2D eigenvalue weighted by atomic mass is 10.1. The number of aryl methyl sites for hydroxylation is 2. The van der Waals surface area contributed by atoms with Crippen LogP contribution in [0, 0.1) is 5.92 Å². The van der Waals surface area contributed by atoms with Crippen molar-refractivity contribution in [3.05, 3.63) is 17.0 Å². The lowest BCUT2D eigenvalue weighted by Crippen LogP contribution is -2.47. The van der Waals surface area contributed by atoms with Crippen LogP contribution in [0.4, 0.5) is 0 Å². The van der Waals surface area contributed by atoms with Crippen molar-refractivity contribution in [1.29, 1.82) is 0 Å². The average Bonchev–Trinajstić information content (AvgIpc) is 2.91. The molecule has 1 heterocycles. The first-order chi connectivity index (χ1) is 10.4. The molecule has 4 N–H and O–H groups in total.